The molecule has 1 nitrogen and oxygen atoms in total. The van der Waals surface area contributed by atoms with Crippen molar-refractivity contribution in [2.24, 2.45) is 0 Å². The summed E-state index contributed by atoms with van der Waals surface area (Å²) in [6, 6.07) is 9.98. The van der Waals surface area contributed by atoms with Crippen molar-refractivity contribution in [1.82, 2.24) is 0 Å². The number of Topliss-reactive ketones (excluding diaryl/α,β-unsaturated/α-hetero) is 1. The normalized spacial score (nSPS) is 17.2. The first kappa shape index (κ1) is 19.3. The molecule has 6 heteroatoms. The van der Waals surface area contributed by atoms with Crippen molar-refractivity contribution < 1.29 is 26.7 Å². The average molecular weight is 380 g/mol. The summed E-state index contributed by atoms with van der Waals surface area (Å²) in [5.74, 6) is -9.01. The van der Waals surface area contributed by atoms with Gasteiger partial charge in [-0.1, -0.05) is 36.9 Å². The van der Waals surface area contributed by atoms with E-state index >= 15 is 0 Å². The largest absolute Gasteiger partial charge is 0.314 e. The van der Waals surface area contributed by atoms with E-state index < -0.39 is 30.5 Å². The third-order valence-electron chi connectivity index (χ3n) is 4.80. The van der Waals surface area contributed by atoms with Crippen LogP contribution in [0.3, 0.4) is 0 Å². The molecule has 0 heterocycles. The van der Waals surface area contributed by atoms with E-state index in [1.807, 2.05) is 0 Å². The van der Waals surface area contributed by atoms with Crippen molar-refractivity contribution in [1.29, 1.82) is 0 Å². The smallest absolute Gasteiger partial charge is 0.294 e. The lowest BCUT2D eigenvalue weighted by atomic mass is 9.84. The second-order valence-electron chi connectivity index (χ2n) is 6.75. The molecule has 0 atom stereocenters. The molecule has 3 rings (SSSR count). The number of alkyl halides is 4. The molecule has 0 spiro atoms. The fourth-order valence-electron chi connectivity index (χ4n) is 3.16. The molecule has 0 unspecified atom stereocenters. The Labute approximate surface area is 153 Å². The van der Waals surface area contributed by atoms with E-state index in [0.29, 0.717) is 11.1 Å². The van der Waals surface area contributed by atoms with Gasteiger partial charge >= 0.3 is 11.8 Å². The predicted octanol–water partition coefficient (Wildman–Crippen LogP) is 5.87. The third-order valence-corrected chi connectivity index (χ3v) is 4.80. The van der Waals surface area contributed by atoms with Gasteiger partial charge in [0.2, 0.25) is 0 Å². The topological polar surface area (TPSA) is 17.1 Å². The second kappa shape index (κ2) is 6.91. The monoisotopic (exact) mass is 380 g/mol. The summed E-state index contributed by atoms with van der Waals surface area (Å²) in [5.41, 5.74) is 1.13. The van der Waals surface area contributed by atoms with E-state index in [-0.39, 0.29) is 35.3 Å². The quantitative estimate of drug-likeness (QED) is 0.468. The minimum absolute atomic E-state index is 0.0124. The van der Waals surface area contributed by atoms with Crippen LogP contribution in [0.15, 0.2) is 49.0 Å². The van der Waals surface area contributed by atoms with Crippen LogP contribution in [-0.4, -0.2) is 17.6 Å². The van der Waals surface area contributed by atoms with E-state index in [1.54, 1.807) is 18.2 Å². The van der Waals surface area contributed by atoms with Crippen molar-refractivity contribution >= 4 is 11.4 Å². The first-order valence-electron chi connectivity index (χ1n) is 8.44. The molecule has 0 aromatic heterocycles. The molecular formula is C21H17F5O. The van der Waals surface area contributed by atoms with Crippen LogP contribution in [0.25, 0.3) is 5.57 Å². The molecule has 1 aliphatic rings. The number of carbonyl (C=O) groups excluding carboxylic acids is 1. The Morgan fingerprint density at radius 1 is 0.926 bits per heavy atom. The summed E-state index contributed by atoms with van der Waals surface area (Å²) in [5, 5.41) is 0. The maximum atomic E-state index is 13.7. The lowest BCUT2D eigenvalue weighted by molar-refractivity contribution is -0.211. The third kappa shape index (κ3) is 3.80. The molecule has 0 fully saturated rings. The summed E-state index contributed by atoms with van der Waals surface area (Å²) in [6.07, 6.45) is -1.93. The fourth-order valence-corrected chi connectivity index (χ4v) is 3.16. The molecule has 0 N–H and O–H groups in total. The van der Waals surface area contributed by atoms with Gasteiger partial charge in [-0.05, 0) is 35.3 Å². The van der Waals surface area contributed by atoms with Gasteiger partial charge in [-0.3, -0.25) is 4.79 Å². The number of ketones is 1. The molecule has 2 aromatic rings. The highest BCUT2D eigenvalue weighted by atomic mass is 19.3. The van der Waals surface area contributed by atoms with Gasteiger partial charge in [-0.15, -0.1) is 0 Å². The van der Waals surface area contributed by atoms with Gasteiger partial charge in [0.05, 0.1) is 0 Å². The Kier molecular flexibility index (Phi) is 4.93. The molecule has 0 aliphatic heterocycles. The van der Waals surface area contributed by atoms with E-state index in [0.717, 1.165) is 0 Å². The number of rotatable bonds is 5. The number of allylic oxidation sites excluding steroid dienone is 1. The molecule has 0 saturated carbocycles. The van der Waals surface area contributed by atoms with Crippen molar-refractivity contribution in [2.45, 2.75) is 37.5 Å². The molecule has 1 aliphatic carbocycles. The summed E-state index contributed by atoms with van der Waals surface area (Å²) in [7, 11) is 0. The van der Waals surface area contributed by atoms with E-state index in [9.17, 15) is 26.7 Å². The molecule has 0 saturated heterocycles. The van der Waals surface area contributed by atoms with Crippen molar-refractivity contribution in [3.05, 3.63) is 77.1 Å². The zero-order chi connectivity index (χ0) is 19.8. The number of carbonyl (C=O) groups is 1. The van der Waals surface area contributed by atoms with Gasteiger partial charge in [-0.2, -0.15) is 17.6 Å². The Morgan fingerprint density at radius 2 is 1.56 bits per heavy atom. The highest BCUT2D eigenvalue weighted by Crippen LogP contribution is 2.44. The minimum atomic E-state index is -4.14. The van der Waals surface area contributed by atoms with Gasteiger partial charge in [0, 0.05) is 30.4 Å². The summed E-state index contributed by atoms with van der Waals surface area (Å²) < 4.78 is 67.8. The van der Waals surface area contributed by atoms with Crippen LogP contribution in [0, 0.1) is 5.82 Å². The minimum Gasteiger partial charge on any atom is -0.294 e. The molecule has 27 heavy (non-hydrogen) atoms. The highest BCUT2D eigenvalue weighted by molar-refractivity contribution is 5.97. The van der Waals surface area contributed by atoms with Gasteiger partial charge in [0.1, 0.15) is 5.82 Å². The SMILES string of the molecule is C=C(CCC(=O)c1ccc2c(c1)CC(F)(F)C(F)(F)C2)c1ccccc1F. The second-order valence-corrected chi connectivity index (χ2v) is 6.75. The van der Waals surface area contributed by atoms with Gasteiger partial charge in [0.15, 0.2) is 5.78 Å². The zero-order valence-electron chi connectivity index (χ0n) is 14.4. The lowest BCUT2D eigenvalue weighted by Gasteiger charge is -2.32. The van der Waals surface area contributed by atoms with Gasteiger partial charge in [0.25, 0.3) is 0 Å². The van der Waals surface area contributed by atoms with E-state index in [1.165, 1.54) is 24.3 Å². The first-order valence-corrected chi connectivity index (χ1v) is 8.44. The van der Waals surface area contributed by atoms with Crippen LogP contribution in [0.4, 0.5) is 22.0 Å². The zero-order valence-corrected chi connectivity index (χ0v) is 14.4. The first-order chi connectivity index (χ1) is 12.6. The number of hydrogen-bond acceptors (Lipinski definition) is 1. The van der Waals surface area contributed by atoms with E-state index in [2.05, 4.69) is 6.58 Å². The van der Waals surface area contributed by atoms with Crippen LogP contribution >= 0.6 is 0 Å². The van der Waals surface area contributed by atoms with Crippen LogP contribution < -0.4 is 0 Å². The summed E-state index contributed by atoms with van der Waals surface area (Å²) in [4.78, 5) is 12.4. The van der Waals surface area contributed by atoms with Gasteiger partial charge < -0.3 is 0 Å². The molecule has 0 bridgehead atoms. The number of hydrogen-bond donors (Lipinski definition) is 0. The van der Waals surface area contributed by atoms with Crippen LogP contribution in [0.2, 0.25) is 0 Å². The van der Waals surface area contributed by atoms with Crippen LogP contribution in [0.5, 0.6) is 0 Å². The van der Waals surface area contributed by atoms with Crippen molar-refractivity contribution in [3.8, 4) is 0 Å². The van der Waals surface area contributed by atoms with Crippen molar-refractivity contribution in [3.63, 3.8) is 0 Å². The number of halogens is 5. The Morgan fingerprint density at radius 3 is 2.22 bits per heavy atom. The average Bonchev–Trinajstić information content (AvgIpc) is 2.60. The standard InChI is InChI=1S/C21H17F5O/c1-13(17-4-2-3-5-18(17)22)6-9-19(27)14-7-8-15-11-20(23,24)21(25,26)12-16(15)10-14/h2-5,7-8,10H,1,6,9,11-12H2. The van der Waals surface area contributed by atoms with E-state index in [4.69, 9.17) is 0 Å². The highest BCUT2D eigenvalue weighted by Gasteiger charge is 2.58. The lowest BCUT2D eigenvalue weighted by Crippen LogP contribution is -2.47. The van der Waals surface area contributed by atoms with Crippen LogP contribution in [0.1, 0.15) is 39.9 Å². The fraction of sp³-hybridized carbons (Fsp3) is 0.286. The predicted molar refractivity (Wildman–Crippen MR) is 92.7 cm³/mol. The summed E-state index contributed by atoms with van der Waals surface area (Å²) in [6.45, 7) is 3.78. The molecular weight excluding hydrogens is 363 g/mol. The number of benzene rings is 2. The Balaban J connectivity index is 1.72. The Hall–Kier alpha value is -2.50. The maximum absolute atomic E-state index is 13.7. The molecule has 0 amide bonds. The maximum Gasteiger partial charge on any atom is 0.314 e. The van der Waals surface area contributed by atoms with Gasteiger partial charge in [-0.25, -0.2) is 4.39 Å². The molecule has 0 radical (unpaired) electrons. The molecule has 142 valence electrons. The summed E-state index contributed by atoms with van der Waals surface area (Å²) >= 11 is 0. The molecule has 2 aromatic carbocycles. The Bertz CT molecular complexity index is 901. The van der Waals surface area contributed by atoms with Crippen LogP contribution in [-0.2, 0) is 12.8 Å². The van der Waals surface area contributed by atoms with Crippen molar-refractivity contribution in [2.75, 3.05) is 0 Å². The number of fused-ring (bicyclic) bond motifs is 1.